The minimum absolute atomic E-state index is 0.0399. The van der Waals surface area contributed by atoms with Gasteiger partial charge in [-0.05, 0) is 82.3 Å². The van der Waals surface area contributed by atoms with Crippen molar-refractivity contribution in [1.29, 1.82) is 0 Å². The number of unbranched alkanes of at least 4 members (excludes halogenated alkanes) is 2. The molecule has 1 N–H and O–H groups in total. The third kappa shape index (κ3) is 5.66. The molecule has 1 aliphatic heterocycles. The molecule has 0 amide bonds. The maximum absolute atomic E-state index is 13.6. The molecule has 32 heavy (non-hydrogen) atoms. The molecule has 5 heteroatoms. The third-order valence-corrected chi connectivity index (χ3v) is 9.05. The number of phenols is 1. The monoisotopic (exact) mass is 459 g/mol. The summed E-state index contributed by atoms with van der Waals surface area (Å²) in [4.78, 5) is 0.163. The maximum Gasteiger partial charge on any atom is 0.247 e. The highest BCUT2D eigenvalue weighted by Crippen LogP contribution is 2.50. The van der Waals surface area contributed by atoms with Gasteiger partial charge >= 0.3 is 0 Å². The minimum Gasteiger partial charge on any atom is -0.506 e. The Morgan fingerprint density at radius 3 is 2.38 bits per heavy atom. The average molecular weight is 460 g/mol. The van der Waals surface area contributed by atoms with Crippen LogP contribution in [0.2, 0.25) is 0 Å². The molecule has 0 radical (unpaired) electrons. The quantitative estimate of drug-likeness (QED) is 0.302. The van der Waals surface area contributed by atoms with Gasteiger partial charge < -0.3 is 5.11 Å². The summed E-state index contributed by atoms with van der Waals surface area (Å²) in [6.07, 6.45) is 14.1. The van der Waals surface area contributed by atoms with Gasteiger partial charge in [0.05, 0.1) is 0 Å². The molecular weight excluding hydrogens is 418 g/mol. The Kier molecular flexibility index (Phi) is 8.26. The molecule has 1 spiro atoms. The topological polar surface area (TPSA) is 57.6 Å². The number of aromatic hydroxyl groups is 1. The van der Waals surface area contributed by atoms with Crippen molar-refractivity contribution in [1.82, 2.24) is 4.31 Å². The summed E-state index contributed by atoms with van der Waals surface area (Å²) in [5.74, 6) is -0.0399. The van der Waals surface area contributed by atoms with Gasteiger partial charge in [-0.25, -0.2) is 8.42 Å². The van der Waals surface area contributed by atoms with Gasteiger partial charge in [0, 0.05) is 13.1 Å². The Bertz CT molecular complexity index is 959. The van der Waals surface area contributed by atoms with Gasteiger partial charge in [-0.1, -0.05) is 61.6 Å². The van der Waals surface area contributed by atoms with E-state index in [9.17, 15) is 13.5 Å². The Labute approximate surface area is 195 Å². The van der Waals surface area contributed by atoms with Crippen molar-refractivity contribution in [2.24, 2.45) is 5.41 Å². The Morgan fingerprint density at radius 2 is 1.78 bits per heavy atom. The van der Waals surface area contributed by atoms with Crippen molar-refractivity contribution >= 4 is 10.0 Å². The Balaban J connectivity index is 1.83. The molecule has 1 aromatic carbocycles. The van der Waals surface area contributed by atoms with Crippen molar-refractivity contribution in [3.63, 3.8) is 0 Å². The first-order valence-corrected chi connectivity index (χ1v) is 13.8. The zero-order valence-corrected chi connectivity index (χ0v) is 21.2. The summed E-state index contributed by atoms with van der Waals surface area (Å²) in [7, 11) is -3.68. The van der Waals surface area contributed by atoms with Crippen molar-refractivity contribution in [2.45, 2.75) is 96.8 Å². The van der Waals surface area contributed by atoms with Crippen LogP contribution in [-0.4, -0.2) is 30.9 Å². The summed E-state index contributed by atoms with van der Waals surface area (Å²) >= 11 is 0. The lowest BCUT2D eigenvalue weighted by Crippen LogP contribution is -2.61. The third-order valence-electron chi connectivity index (χ3n) is 7.14. The van der Waals surface area contributed by atoms with Crippen molar-refractivity contribution < 1.29 is 13.5 Å². The number of nitrogens with zero attached hydrogens (tertiary/aromatic N) is 1. The molecule has 1 saturated carbocycles. The molecule has 1 aromatic rings. The first kappa shape index (κ1) is 25.0. The predicted octanol–water partition coefficient (Wildman–Crippen LogP) is 6.53. The van der Waals surface area contributed by atoms with Gasteiger partial charge in [-0.3, -0.25) is 0 Å². The summed E-state index contributed by atoms with van der Waals surface area (Å²) in [5, 5.41) is 11.1. The second-order valence-electron chi connectivity index (χ2n) is 10.2. The molecule has 2 fully saturated rings. The highest BCUT2D eigenvalue weighted by atomic mass is 32.2. The fourth-order valence-corrected chi connectivity index (χ4v) is 6.86. The van der Waals surface area contributed by atoms with Crippen LogP contribution in [-0.2, 0) is 22.9 Å². The lowest BCUT2D eigenvalue weighted by molar-refractivity contribution is -0.00804. The van der Waals surface area contributed by atoms with Crippen molar-refractivity contribution in [2.75, 3.05) is 13.1 Å². The molecular formula is C27H41NO3S. The number of sulfonamides is 1. The van der Waals surface area contributed by atoms with E-state index in [0.29, 0.717) is 31.5 Å². The molecule has 1 aliphatic carbocycles. The van der Waals surface area contributed by atoms with E-state index in [1.807, 2.05) is 12.1 Å². The lowest BCUT2D eigenvalue weighted by Gasteiger charge is -2.55. The molecule has 2 aliphatic rings. The van der Waals surface area contributed by atoms with Gasteiger partial charge in [-0.2, -0.15) is 4.31 Å². The Morgan fingerprint density at radius 1 is 1.09 bits per heavy atom. The van der Waals surface area contributed by atoms with E-state index in [4.69, 9.17) is 0 Å². The van der Waals surface area contributed by atoms with Gasteiger partial charge in [0.25, 0.3) is 0 Å². The van der Waals surface area contributed by atoms with Gasteiger partial charge in [0.15, 0.2) is 0 Å². The van der Waals surface area contributed by atoms with E-state index < -0.39 is 10.0 Å². The number of benzene rings is 1. The fourth-order valence-electron chi connectivity index (χ4n) is 4.84. The van der Waals surface area contributed by atoms with Crippen LogP contribution >= 0.6 is 0 Å². The molecule has 0 aromatic heterocycles. The second-order valence-corrected chi connectivity index (χ2v) is 12.1. The van der Waals surface area contributed by atoms with Gasteiger partial charge in [0.1, 0.15) is 10.6 Å². The van der Waals surface area contributed by atoms with Crippen LogP contribution in [0.5, 0.6) is 5.75 Å². The number of hydrogen-bond donors (Lipinski definition) is 1. The van der Waals surface area contributed by atoms with Crippen LogP contribution in [0.4, 0.5) is 0 Å². The molecule has 0 bridgehead atoms. The molecule has 1 saturated heterocycles. The number of allylic oxidation sites excluding steroid dienone is 4. The van der Waals surface area contributed by atoms with E-state index in [2.05, 4.69) is 39.8 Å². The van der Waals surface area contributed by atoms with Gasteiger partial charge in [0.2, 0.25) is 10.0 Å². The van der Waals surface area contributed by atoms with E-state index in [1.165, 1.54) is 17.6 Å². The predicted molar refractivity (Wildman–Crippen MR) is 133 cm³/mol. The highest BCUT2D eigenvalue weighted by Gasteiger charge is 2.52. The molecule has 1 heterocycles. The van der Waals surface area contributed by atoms with E-state index in [1.54, 1.807) is 4.31 Å². The van der Waals surface area contributed by atoms with Crippen LogP contribution in [0.1, 0.15) is 90.2 Å². The summed E-state index contributed by atoms with van der Waals surface area (Å²) < 4.78 is 28.7. The highest BCUT2D eigenvalue weighted by molar-refractivity contribution is 7.89. The molecule has 4 nitrogen and oxygen atoms in total. The number of phenolic OH excluding ortho intramolecular Hbond substituents is 1. The molecule has 0 atom stereocenters. The molecule has 3 rings (SSSR count). The SMILES string of the molecule is CCCCCc1ccc(C/C=C(\C)CCC=C(C)C)c(O)c1S(=O)(=O)N1CC2(CCC2)C1. The first-order chi connectivity index (χ1) is 15.2. The maximum atomic E-state index is 13.6. The summed E-state index contributed by atoms with van der Waals surface area (Å²) in [6.45, 7) is 9.67. The van der Waals surface area contributed by atoms with Crippen LogP contribution < -0.4 is 0 Å². The standard InChI is InChI=1S/C27H41NO3S/c1-5-6-7-12-24-16-15-23(14-13-22(4)11-8-10-21(2)3)25(29)26(24)32(30,31)28-19-27(20-28)17-9-18-27/h10,13,15-16,29H,5-9,11-12,14,17-20H2,1-4H3/b22-13+. The summed E-state index contributed by atoms with van der Waals surface area (Å²) in [6, 6.07) is 3.85. The fraction of sp³-hybridized carbons (Fsp3) is 0.630. The van der Waals surface area contributed by atoms with E-state index in [0.717, 1.165) is 50.5 Å². The van der Waals surface area contributed by atoms with Gasteiger partial charge in [-0.15, -0.1) is 0 Å². The average Bonchev–Trinajstić information content (AvgIpc) is 2.64. The van der Waals surface area contributed by atoms with Crippen molar-refractivity contribution in [3.05, 3.63) is 46.6 Å². The Hall–Kier alpha value is -1.59. The number of aryl methyl sites for hydroxylation is 1. The second kappa shape index (κ2) is 10.6. The zero-order valence-electron chi connectivity index (χ0n) is 20.4. The van der Waals surface area contributed by atoms with E-state index in [-0.39, 0.29) is 16.1 Å². The zero-order chi connectivity index (χ0) is 23.4. The lowest BCUT2D eigenvalue weighted by atomic mass is 9.65. The minimum atomic E-state index is -3.68. The van der Waals surface area contributed by atoms with Crippen LogP contribution in [0.25, 0.3) is 0 Å². The van der Waals surface area contributed by atoms with E-state index >= 15 is 0 Å². The largest absolute Gasteiger partial charge is 0.506 e. The van der Waals surface area contributed by atoms with Crippen LogP contribution in [0.15, 0.2) is 40.3 Å². The normalized spacial score (nSPS) is 18.3. The van der Waals surface area contributed by atoms with Crippen LogP contribution in [0.3, 0.4) is 0 Å². The molecule has 178 valence electrons. The van der Waals surface area contributed by atoms with Crippen molar-refractivity contribution in [3.8, 4) is 5.75 Å². The van der Waals surface area contributed by atoms with Crippen LogP contribution in [0, 0.1) is 5.41 Å². The summed E-state index contributed by atoms with van der Waals surface area (Å²) in [5.41, 5.74) is 4.25. The number of rotatable bonds is 11. The molecule has 0 unspecified atom stereocenters. The smallest absolute Gasteiger partial charge is 0.247 e. The first-order valence-electron chi connectivity index (χ1n) is 12.3. The number of hydrogen-bond acceptors (Lipinski definition) is 3.